The van der Waals surface area contributed by atoms with Crippen LogP contribution in [0.4, 0.5) is 5.69 Å². The molecular formula is C24H22N8O3. The van der Waals surface area contributed by atoms with Crippen LogP contribution in [0.3, 0.4) is 0 Å². The van der Waals surface area contributed by atoms with Gasteiger partial charge >= 0.3 is 11.7 Å². The largest absolute Gasteiger partial charge is 0.427 e. The Labute approximate surface area is 199 Å². The topological polar surface area (TPSA) is 165 Å². The van der Waals surface area contributed by atoms with E-state index in [1.165, 1.54) is 19.3 Å². The molecule has 0 spiro atoms. The van der Waals surface area contributed by atoms with Gasteiger partial charge in [0.25, 0.3) is 5.95 Å². The Kier molecular flexibility index (Phi) is 6.49. The fourth-order valence-corrected chi connectivity index (χ4v) is 3.38. The summed E-state index contributed by atoms with van der Waals surface area (Å²) in [4.78, 5) is 35.2. The molecule has 0 bridgehead atoms. The van der Waals surface area contributed by atoms with Crippen LogP contribution in [0.2, 0.25) is 0 Å². The molecule has 0 aliphatic heterocycles. The van der Waals surface area contributed by atoms with Crippen LogP contribution >= 0.6 is 0 Å². The number of H-pyrrole nitrogens is 1. The highest BCUT2D eigenvalue weighted by Gasteiger charge is 2.22. The quantitative estimate of drug-likeness (QED) is 0.132. The fourth-order valence-electron chi connectivity index (χ4n) is 3.38. The number of carbonyl (C=O) groups is 1. The molecule has 11 nitrogen and oxygen atoms in total. The Balaban J connectivity index is 1.82. The normalized spacial score (nSPS) is 11.5. The van der Waals surface area contributed by atoms with Crippen LogP contribution in [0, 0.1) is 5.41 Å². The second kappa shape index (κ2) is 9.83. The molecule has 0 saturated heterocycles. The highest BCUT2D eigenvalue weighted by Crippen LogP contribution is 2.29. The molecule has 0 saturated carbocycles. The van der Waals surface area contributed by atoms with E-state index < -0.39 is 17.7 Å². The van der Waals surface area contributed by atoms with Crippen molar-refractivity contribution in [2.75, 3.05) is 5.32 Å². The number of aromatic amines is 1. The van der Waals surface area contributed by atoms with Crippen molar-refractivity contribution >= 4 is 23.6 Å². The summed E-state index contributed by atoms with van der Waals surface area (Å²) in [6.07, 6.45) is 4.64. The van der Waals surface area contributed by atoms with E-state index in [4.69, 9.17) is 15.9 Å². The number of anilines is 1. The van der Waals surface area contributed by atoms with Gasteiger partial charge < -0.3 is 15.8 Å². The van der Waals surface area contributed by atoms with Crippen LogP contribution in [0.15, 0.2) is 72.3 Å². The van der Waals surface area contributed by atoms with E-state index >= 15 is 0 Å². The molecule has 2 heterocycles. The van der Waals surface area contributed by atoms with Gasteiger partial charge in [0.15, 0.2) is 5.82 Å². The number of nitrogens with one attached hydrogen (secondary N) is 3. The molecule has 2 aromatic heterocycles. The predicted octanol–water partition coefficient (Wildman–Crippen LogP) is 2.40. The molecule has 4 rings (SSSR count). The fraction of sp³-hybridized carbons (Fsp3) is 0.0833. The Bertz CT molecular complexity index is 1440. The lowest BCUT2D eigenvalue weighted by atomic mass is 10.0. The van der Waals surface area contributed by atoms with E-state index in [1.807, 2.05) is 6.07 Å². The molecule has 35 heavy (non-hydrogen) atoms. The second-order valence-corrected chi connectivity index (χ2v) is 7.48. The van der Waals surface area contributed by atoms with Crippen molar-refractivity contribution in [1.29, 1.82) is 5.41 Å². The van der Waals surface area contributed by atoms with Gasteiger partial charge in [-0.15, -0.1) is 9.78 Å². The first-order valence-corrected chi connectivity index (χ1v) is 10.5. The number of amidine groups is 1. The van der Waals surface area contributed by atoms with Crippen molar-refractivity contribution < 1.29 is 9.53 Å². The first-order chi connectivity index (χ1) is 16.8. The lowest BCUT2D eigenvalue weighted by Gasteiger charge is -2.20. The van der Waals surface area contributed by atoms with Crippen molar-refractivity contribution in [3.05, 3.63) is 101 Å². The number of hydrogen-bond acceptors (Lipinski definition) is 8. The van der Waals surface area contributed by atoms with Gasteiger partial charge in [-0.25, -0.2) is 14.8 Å². The van der Waals surface area contributed by atoms with Crippen molar-refractivity contribution in [2.24, 2.45) is 5.73 Å². The summed E-state index contributed by atoms with van der Waals surface area (Å²) >= 11 is 0. The molecule has 0 radical (unpaired) electrons. The lowest BCUT2D eigenvalue weighted by molar-refractivity contribution is -0.131. The van der Waals surface area contributed by atoms with E-state index in [0.29, 0.717) is 28.1 Å². The zero-order valence-corrected chi connectivity index (χ0v) is 18.7. The number of carbonyl (C=O) groups excluding carboxylic acids is 1. The van der Waals surface area contributed by atoms with E-state index in [0.717, 1.165) is 4.68 Å². The highest BCUT2D eigenvalue weighted by molar-refractivity contribution is 5.95. The van der Waals surface area contributed by atoms with Crippen LogP contribution in [0.1, 0.15) is 35.5 Å². The van der Waals surface area contributed by atoms with E-state index in [9.17, 15) is 9.59 Å². The standard InChI is InChI=1S/C24H22N8O3/c1-3-15-11-17(13-19(12-15)35-14(2)33)20(29-18-7-5-16(6-8-18)21(25)26)22-30-24(34)32(31-22)23-27-9-4-10-28-23/h3-13,20,29H,1H2,2H3,(H3,25,26)(H,30,31,34). The number of esters is 1. The van der Waals surface area contributed by atoms with Crippen LogP contribution in [-0.4, -0.2) is 36.5 Å². The monoisotopic (exact) mass is 470 g/mol. The minimum atomic E-state index is -0.676. The molecule has 1 unspecified atom stereocenters. The number of nitrogens with two attached hydrogens (primary N) is 1. The number of nitrogens with zero attached hydrogens (tertiary/aromatic N) is 4. The molecule has 0 fully saturated rings. The van der Waals surface area contributed by atoms with Crippen molar-refractivity contribution in [3.63, 3.8) is 0 Å². The van der Waals surface area contributed by atoms with Gasteiger partial charge in [-0.05, 0) is 59.7 Å². The third-order valence-corrected chi connectivity index (χ3v) is 4.94. The van der Waals surface area contributed by atoms with Gasteiger partial charge in [-0.1, -0.05) is 12.7 Å². The summed E-state index contributed by atoms with van der Waals surface area (Å²) in [5.74, 6) is 0.180. The molecule has 11 heteroatoms. The second-order valence-electron chi connectivity index (χ2n) is 7.48. The highest BCUT2D eigenvalue weighted by atomic mass is 16.5. The summed E-state index contributed by atoms with van der Waals surface area (Å²) in [6, 6.07) is 13.0. The first-order valence-electron chi connectivity index (χ1n) is 10.5. The molecule has 0 aliphatic rings. The van der Waals surface area contributed by atoms with Gasteiger partial charge in [-0.3, -0.25) is 15.2 Å². The SMILES string of the molecule is C=Cc1cc(OC(C)=O)cc(C(Nc2ccc(C(=N)N)cc2)c2nn(-c3ncccn3)c(=O)[nH]2)c1. The predicted molar refractivity (Wildman–Crippen MR) is 131 cm³/mol. The third kappa shape index (κ3) is 5.30. The smallest absolute Gasteiger partial charge is 0.350 e. The van der Waals surface area contributed by atoms with Crippen molar-refractivity contribution in [3.8, 4) is 11.7 Å². The number of rotatable bonds is 8. The van der Waals surface area contributed by atoms with Gasteiger partial charge in [0.05, 0.1) is 0 Å². The van der Waals surface area contributed by atoms with Gasteiger partial charge in [-0.2, -0.15) is 0 Å². The molecule has 5 N–H and O–H groups in total. The average molecular weight is 470 g/mol. The number of hydrogen-bond donors (Lipinski definition) is 4. The molecule has 0 amide bonds. The van der Waals surface area contributed by atoms with Crippen LogP contribution in [0.25, 0.3) is 12.0 Å². The molecule has 4 aromatic rings. The Morgan fingerprint density at radius 3 is 2.57 bits per heavy atom. The summed E-state index contributed by atoms with van der Waals surface area (Å²) in [7, 11) is 0. The van der Waals surface area contributed by atoms with E-state index in [1.54, 1.807) is 48.5 Å². The minimum absolute atomic E-state index is 0.0521. The number of ether oxygens (including phenoxy) is 1. The van der Waals surface area contributed by atoms with Gasteiger partial charge in [0, 0.05) is 30.6 Å². The maximum Gasteiger partial charge on any atom is 0.350 e. The third-order valence-electron chi connectivity index (χ3n) is 4.94. The Morgan fingerprint density at radius 2 is 1.94 bits per heavy atom. The summed E-state index contributed by atoms with van der Waals surface area (Å²) in [6.45, 7) is 5.12. The Hall–Kier alpha value is -5.06. The zero-order chi connectivity index (χ0) is 24.9. The first kappa shape index (κ1) is 23.1. The Morgan fingerprint density at radius 1 is 1.23 bits per heavy atom. The van der Waals surface area contributed by atoms with E-state index in [2.05, 4.69) is 31.9 Å². The van der Waals surface area contributed by atoms with Crippen LogP contribution in [0.5, 0.6) is 5.75 Å². The molecule has 0 aliphatic carbocycles. The van der Waals surface area contributed by atoms with Crippen LogP contribution < -0.4 is 21.5 Å². The molecule has 176 valence electrons. The average Bonchev–Trinajstić information content (AvgIpc) is 3.23. The molecule has 2 aromatic carbocycles. The number of aromatic nitrogens is 5. The lowest BCUT2D eigenvalue weighted by Crippen LogP contribution is -2.18. The zero-order valence-electron chi connectivity index (χ0n) is 18.7. The maximum absolute atomic E-state index is 12.7. The summed E-state index contributed by atoms with van der Waals surface area (Å²) in [5.41, 5.74) is 7.61. The van der Waals surface area contributed by atoms with Crippen molar-refractivity contribution in [1.82, 2.24) is 24.7 Å². The molecular weight excluding hydrogens is 448 g/mol. The van der Waals surface area contributed by atoms with Crippen LogP contribution in [-0.2, 0) is 4.79 Å². The van der Waals surface area contributed by atoms with Gasteiger partial charge in [0.1, 0.15) is 17.6 Å². The number of benzene rings is 2. The van der Waals surface area contributed by atoms with Gasteiger partial charge in [0.2, 0.25) is 0 Å². The molecule has 1 atom stereocenters. The summed E-state index contributed by atoms with van der Waals surface area (Å²) in [5, 5.41) is 15.3. The van der Waals surface area contributed by atoms with Crippen molar-refractivity contribution in [2.45, 2.75) is 13.0 Å². The maximum atomic E-state index is 12.7. The number of nitrogen functional groups attached to an aromatic ring is 1. The van der Waals surface area contributed by atoms with E-state index in [-0.39, 0.29) is 17.6 Å². The summed E-state index contributed by atoms with van der Waals surface area (Å²) < 4.78 is 6.37. The minimum Gasteiger partial charge on any atom is -0.427 e.